The summed E-state index contributed by atoms with van der Waals surface area (Å²) in [6.07, 6.45) is 3.27. The van der Waals surface area contributed by atoms with Crippen molar-refractivity contribution < 1.29 is 4.92 Å². The summed E-state index contributed by atoms with van der Waals surface area (Å²) in [5.74, 6) is 0.268. The zero-order valence-electron chi connectivity index (χ0n) is 14.3. The summed E-state index contributed by atoms with van der Waals surface area (Å²) in [6.45, 7) is 0.901. The Morgan fingerprint density at radius 3 is 2.68 bits per heavy atom. The van der Waals surface area contributed by atoms with Gasteiger partial charge in [0.15, 0.2) is 10.8 Å². The summed E-state index contributed by atoms with van der Waals surface area (Å²) in [7, 11) is 0. The van der Waals surface area contributed by atoms with E-state index in [1.165, 1.54) is 22.2 Å². The zero-order chi connectivity index (χ0) is 19.5. The largest absolute Gasteiger partial charge is 0.408 e. The van der Waals surface area contributed by atoms with Crippen LogP contribution in [0.25, 0.3) is 0 Å². The second-order valence-electron chi connectivity index (χ2n) is 5.77. The molecule has 28 heavy (non-hydrogen) atoms. The van der Waals surface area contributed by atoms with E-state index in [1.54, 1.807) is 0 Å². The number of nitrogens with one attached hydrogen (secondary N) is 1. The maximum Gasteiger partial charge on any atom is 0.408 e. The van der Waals surface area contributed by atoms with E-state index in [1.807, 2.05) is 47.3 Å². The minimum Gasteiger partial charge on any atom is -0.358 e. The monoisotopic (exact) mass is 416 g/mol. The van der Waals surface area contributed by atoms with E-state index in [-0.39, 0.29) is 17.4 Å². The van der Waals surface area contributed by atoms with Crippen molar-refractivity contribution in [2.24, 2.45) is 0 Å². The van der Waals surface area contributed by atoms with Gasteiger partial charge in [-0.05, 0) is 10.5 Å². The molecule has 0 unspecified atom stereocenters. The molecule has 0 aliphatic heterocycles. The predicted octanol–water partition coefficient (Wildman–Crippen LogP) is 3.33. The molecule has 12 heteroatoms. The van der Waals surface area contributed by atoms with Gasteiger partial charge < -0.3 is 15.4 Å². The van der Waals surface area contributed by atoms with Gasteiger partial charge in [0.1, 0.15) is 11.6 Å². The first-order valence-corrected chi connectivity index (χ1v) is 9.30. The van der Waals surface area contributed by atoms with E-state index in [2.05, 4.69) is 25.7 Å². The Morgan fingerprint density at radius 2 is 1.93 bits per heavy atom. The lowest BCUT2D eigenvalue weighted by Crippen LogP contribution is -2.01. The van der Waals surface area contributed by atoms with E-state index >= 15 is 0 Å². The van der Waals surface area contributed by atoms with Crippen LogP contribution in [0, 0.1) is 10.1 Å². The highest BCUT2D eigenvalue weighted by atomic mass is 35.5. The number of anilines is 2. The van der Waals surface area contributed by atoms with Gasteiger partial charge in [0.2, 0.25) is 5.13 Å². The Hall–Kier alpha value is -3.31. The van der Waals surface area contributed by atoms with Crippen LogP contribution in [0.4, 0.5) is 16.8 Å². The maximum atomic E-state index is 10.8. The summed E-state index contributed by atoms with van der Waals surface area (Å²) < 4.78 is 3.18. The molecule has 0 aliphatic rings. The van der Waals surface area contributed by atoms with E-state index in [9.17, 15) is 10.1 Å². The number of halogens is 1. The maximum absolute atomic E-state index is 10.8. The number of benzene rings is 1. The first kappa shape index (κ1) is 18.1. The molecule has 3 heterocycles. The molecular weight excluding hydrogens is 404 g/mol. The quantitative estimate of drug-likeness (QED) is 0.362. The van der Waals surface area contributed by atoms with Crippen LogP contribution in [0.15, 0.2) is 48.8 Å². The molecule has 0 aliphatic carbocycles. The van der Waals surface area contributed by atoms with Crippen molar-refractivity contribution in [2.45, 2.75) is 13.1 Å². The molecule has 0 atom stereocenters. The fourth-order valence-corrected chi connectivity index (χ4v) is 3.45. The first-order chi connectivity index (χ1) is 13.6. The number of rotatable bonds is 7. The number of aromatic nitrogens is 6. The average Bonchev–Trinajstić information content (AvgIpc) is 3.38. The smallest absolute Gasteiger partial charge is 0.358 e. The van der Waals surface area contributed by atoms with Gasteiger partial charge in [-0.2, -0.15) is 9.78 Å². The highest BCUT2D eigenvalue weighted by Gasteiger charge is 2.20. The third-order valence-corrected chi connectivity index (χ3v) is 4.79. The lowest BCUT2D eigenvalue weighted by Gasteiger charge is -2.01. The lowest BCUT2D eigenvalue weighted by atomic mass is 10.2. The number of nitrogens with zero attached hydrogens (tertiary/aromatic N) is 7. The Kier molecular flexibility index (Phi) is 5.00. The Bertz CT molecular complexity index is 1110. The third kappa shape index (κ3) is 4.15. The van der Waals surface area contributed by atoms with Crippen molar-refractivity contribution in [3.63, 3.8) is 0 Å². The van der Waals surface area contributed by atoms with E-state index in [0.29, 0.717) is 22.5 Å². The van der Waals surface area contributed by atoms with E-state index in [4.69, 9.17) is 11.6 Å². The Morgan fingerprint density at radius 1 is 1.11 bits per heavy atom. The number of nitro groups is 1. The zero-order valence-corrected chi connectivity index (χ0v) is 15.8. The molecule has 1 aromatic carbocycles. The molecule has 0 amide bonds. The van der Waals surface area contributed by atoms with Gasteiger partial charge in [-0.15, -0.1) is 10.2 Å². The van der Waals surface area contributed by atoms with Gasteiger partial charge >= 0.3 is 5.82 Å². The second-order valence-corrected chi connectivity index (χ2v) is 7.23. The van der Waals surface area contributed by atoms with Gasteiger partial charge in [-0.25, -0.2) is 0 Å². The van der Waals surface area contributed by atoms with Crippen LogP contribution in [0.1, 0.15) is 10.6 Å². The first-order valence-electron chi connectivity index (χ1n) is 8.11. The van der Waals surface area contributed by atoms with Crippen molar-refractivity contribution in [3.05, 3.63) is 74.5 Å². The minimum atomic E-state index is -0.627. The standard InChI is InChI=1S/C16H13ClN8O2S/c17-12-9-24(22-15(12)25(26)27)10-14-19-20-16(28-14)18-13-6-7-23(21-13)8-11-4-2-1-3-5-11/h1-7,9H,8,10H2,(H,18,20,21). The van der Waals surface area contributed by atoms with Crippen LogP contribution in [-0.4, -0.2) is 34.7 Å². The van der Waals surface area contributed by atoms with Crippen LogP contribution in [0.3, 0.4) is 0 Å². The van der Waals surface area contributed by atoms with Crippen LogP contribution in [0.2, 0.25) is 5.02 Å². The number of hydrogen-bond acceptors (Lipinski definition) is 8. The molecule has 0 radical (unpaired) electrons. The summed E-state index contributed by atoms with van der Waals surface area (Å²) in [4.78, 5) is 10.2. The van der Waals surface area contributed by atoms with Gasteiger partial charge in [0.25, 0.3) is 0 Å². The van der Waals surface area contributed by atoms with Crippen LogP contribution < -0.4 is 5.32 Å². The summed E-state index contributed by atoms with van der Waals surface area (Å²) in [5, 5.41) is 31.5. The molecule has 142 valence electrons. The normalized spacial score (nSPS) is 10.9. The molecule has 0 saturated heterocycles. The van der Waals surface area contributed by atoms with Crippen LogP contribution >= 0.6 is 22.9 Å². The minimum absolute atomic E-state index is 0.0168. The highest BCUT2D eigenvalue weighted by Crippen LogP contribution is 2.24. The molecule has 4 aromatic rings. The molecule has 3 aromatic heterocycles. The molecule has 0 fully saturated rings. The van der Waals surface area contributed by atoms with Gasteiger partial charge in [-0.1, -0.05) is 53.3 Å². The molecule has 10 nitrogen and oxygen atoms in total. The van der Waals surface area contributed by atoms with Gasteiger partial charge in [-0.3, -0.25) is 4.68 Å². The lowest BCUT2D eigenvalue weighted by molar-refractivity contribution is -0.389. The summed E-state index contributed by atoms with van der Waals surface area (Å²) in [5.41, 5.74) is 1.15. The topological polar surface area (TPSA) is 117 Å². The van der Waals surface area contributed by atoms with Crippen molar-refractivity contribution >= 4 is 39.7 Å². The van der Waals surface area contributed by atoms with E-state index in [0.717, 1.165) is 5.56 Å². The van der Waals surface area contributed by atoms with Gasteiger partial charge in [0, 0.05) is 12.3 Å². The molecule has 4 rings (SSSR count). The second kappa shape index (κ2) is 7.74. The molecular formula is C16H13ClN8O2S. The summed E-state index contributed by atoms with van der Waals surface area (Å²) in [6, 6.07) is 11.9. The third-order valence-electron chi connectivity index (χ3n) is 3.70. The predicted molar refractivity (Wildman–Crippen MR) is 104 cm³/mol. The van der Waals surface area contributed by atoms with Crippen molar-refractivity contribution in [1.82, 2.24) is 29.8 Å². The molecule has 1 N–H and O–H groups in total. The van der Waals surface area contributed by atoms with Crippen LogP contribution in [-0.2, 0) is 13.1 Å². The molecule has 0 saturated carbocycles. The highest BCUT2D eigenvalue weighted by molar-refractivity contribution is 7.15. The van der Waals surface area contributed by atoms with Gasteiger partial charge in [0.05, 0.1) is 17.8 Å². The SMILES string of the molecule is O=[N+]([O-])c1nn(Cc2nnc(Nc3ccn(Cc4ccccc4)n3)s2)cc1Cl. The molecule has 0 bridgehead atoms. The Balaban J connectivity index is 1.40. The van der Waals surface area contributed by atoms with E-state index < -0.39 is 4.92 Å². The average molecular weight is 417 g/mol. The van der Waals surface area contributed by atoms with Crippen molar-refractivity contribution in [1.29, 1.82) is 0 Å². The summed E-state index contributed by atoms with van der Waals surface area (Å²) >= 11 is 7.10. The fraction of sp³-hybridized carbons (Fsp3) is 0.125. The fourth-order valence-electron chi connectivity index (χ4n) is 2.49. The number of hydrogen-bond donors (Lipinski definition) is 1. The Labute approximate surface area is 167 Å². The van der Waals surface area contributed by atoms with Crippen molar-refractivity contribution in [2.75, 3.05) is 5.32 Å². The van der Waals surface area contributed by atoms with Crippen LogP contribution in [0.5, 0.6) is 0 Å². The van der Waals surface area contributed by atoms with Crippen molar-refractivity contribution in [3.8, 4) is 0 Å². The molecule has 0 spiro atoms.